The molecule has 0 spiro atoms. The maximum atomic E-state index is 3.49. The van der Waals surface area contributed by atoms with Crippen LogP contribution >= 0.6 is 11.8 Å². The van der Waals surface area contributed by atoms with Gasteiger partial charge in [0.1, 0.15) is 0 Å². The second-order valence-electron chi connectivity index (χ2n) is 2.81. The fraction of sp³-hybridized carbons (Fsp3) is 1.00. The summed E-state index contributed by atoms with van der Waals surface area (Å²) in [4.78, 5) is 0. The molecule has 0 aliphatic carbocycles. The third kappa shape index (κ3) is 2.48. The summed E-state index contributed by atoms with van der Waals surface area (Å²) in [6, 6.07) is 0.745. The van der Waals surface area contributed by atoms with E-state index in [0.717, 1.165) is 30.9 Å². The Balaban J connectivity index is 1.93. The molecule has 1 fully saturated rings. The minimum absolute atomic E-state index is 0.745. The molecule has 10 heavy (non-hydrogen) atoms. The van der Waals surface area contributed by atoms with Gasteiger partial charge in [0.2, 0.25) is 0 Å². The van der Waals surface area contributed by atoms with Gasteiger partial charge < -0.3 is 10.6 Å². The van der Waals surface area contributed by atoms with Gasteiger partial charge in [-0.2, -0.15) is 11.8 Å². The van der Waals surface area contributed by atoms with E-state index in [2.05, 4.69) is 23.8 Å². The van der Waals surface area contributed by atoms with Crippen LogP contribution in [-0.4, -0.2) is 37.2 Å². The quantitative estimate of drug-likeness (QED) is 0.618. The molecule has 0 saturated carbocycles. The van der Waals surface area contributed by atoms with Gasteiger partial charge in [0.15, 0.2) is 0 Å². The lowest BCUT2D eigenvalue weighted by atomic mass is 10.2. The lowest BCUT2D eigenvalue weighted by molar-refractivity contribution is 0.369. The van der Waals surface area contributed by atoms with Crippen LogP contribution in [0.5, 0.6) is 0 Å². The van der Waals surface area contributed by atoms with Crippen molar-refractivity contribution in [3.63, 3.8) is 0 Å². The average molecular weight is 160 g/mol. The Morgan fingerprint density at radius 2 is 2.40 bits per heavy atom. The minimum atomic E-state index is 0.745. The van der Waals surface area contributed by atoms with Crippen molar-refractivity contribution in [2.45, 2.75) is 18.2 Å². The third-order valence-corrected chi connectivity index (χ3v) is 2.85. The summed E-state index contributed by atoms with van der Waals surface area (Å²) in [5.41, 5.74) is 0. The van der Waals surface area contributed by atoms with Crippen LogP contribution in [0.15, 0.2) is 0 Å². The van der Waals surface area contributed by atoms with E-state index < -0.39 is 0 Å². The van der Waals surface area contributed by atoms with E-state index in [4.69, 9.17) is 0 Å². The molecular formula is C7H16N2S. The van der Waals surface area contributed by atoms with E-state index in [1.165, 1.54) is 0 Å². The van der Waals surface area contributed by atoms with E-state index in [0.29, 0.717) is 0 Å². The molecule has 1 aliphatic rings. The summed E-state index contributed by atoms with van der Waals surface area (Å²) in [6.07, 6.45) is 2.16. The first kappa shape index (κ1) is 8.37. The molecule has 60 valence electrons. The maximum absolute atomic E-state index is 3.49. The summed E-state index contributed by atoms with van der Waals surface area (Å²) < 4.78 is 0. The predicted octanol–water partition coefficient (Wildman–Crippen LogP) is 0.299. The predicted molar refractivity (Wildman–Crippen MR) is 47.6 cm³/mol. The Labute approximate surface area is 67.1 Å². The zero-order chi connectivity index (χ0) is 7.40. The second kappa shape index (κ2) is 4.21. The van der Waals surface area contributed by atoms with Crippen molar-refractivity contribution >= 4 is 11.8 Å². The fourth-order valence-electron chi connectivity index (χ4n) is 0.849. The van der Waals surface area contributed by atoms with Gasteiger partial charge in [-0.1, -0.05) is 6.92 Å². The van der Waals surface area contributed by atoms with Crippen LogP contribution in [-0.2, 0) is 0 Å². The Morgan fingerprint density at radius 1 is 1.70 bits per heavy atom. The van der Waals surface area contributed by atoms with E-state index in [-0.39, 0.29) is 0 Å². The molecule has 3 heteroatoms. The van der Waals surface area contributed by atoms with Gasteiger partial charge in [0.25, 0.3) is 0 Å². The zero-order valence-corrected chi connectivity index (χ0v) is 7.50. The fourth-order valence-corrected chi connectivity index (χ4v) is 1.11. The van der Waals surface area contributed by atoms with Crippen LogP contribution in [0.3, 0.4) is 0 Å². The monoisotopic (exact) mass is 160 g/mol. The molecule has 0 bridgehead atoms. The summed E-state index contributed by atoms with van der Waals surface area (Å²) in [5, 5.41) is 7.47. The molecule has 0 aromatic carbocycles. The van der Waals surface area contributed by atoms with Crippen LogP contribution in [0.25, 0.3) is 0 Å². The molecule has 1 aliphatic heterocycles. The summed E-state index contributed by atoms with van der Waals surface area (Å²) >= 11 is 1.92. The van der Waals surface area contributed by atoms with Crippen LogP contribution in [0, 0.1) is 0 Å². The van der Waals surface area contributed by atoms with Crippen molar-refractivity contribution in [1.82, 2.24) is 10.6 Å². The van der Waals surface area contributed by atoms with Gasteiger partial charge in [0.05, 0.1) is 0 Å². The van der Waals surface area contributed by atoms with Crippen molar-refractivity contribution in [1.29, 1.82) is 0 Å². The largest absolute Gasteiger partial charge is 0.314 e. The molecule has 1 unspecified atom stereocenters. The average Bonchev–Trinajstić information content (AvgIpc) is 1.84. The topological polar surface area (TPSA) is 24.1 Å². The Morgan fingerprint density at radius 3 is 2.80 bits per heavy atom. The van der Waals surface area contributed by atoms with Crippen LogP contribution < -0.4 is 10.6 Å². The highest BCUT2D eigenvalue weighted by Gasteiger charge is 2.15. The van der Waals surface area contributed by atoms with Crippen LogP contribution in [0.1, 0.15) is 6.92 Å². The van der Waals surface area contributed by atoms with Gasteiger partial charge in [-0.05, 0) is 6.26 Å². The minimum Gasteiger partial charge on any atom is -0.314 e. The maximum Gasteiger partial charge on any atom is 0.0318 e. The highest BCUT2D eigenvalue weighted by molar-refractivity contribution is 7.99. The van der Waals surface area contributed by atoms with Crippen molar-refractivity contribution in [2.24, 2.45) is 0 Å². The lowest BCUT2D eigenvalue weighted by Gasteiger charge is -2.29. The smallest absolute Gasteiger partial charge is 0.0318 e. The molecule has 0 amide bonds. The standard InChI is InChI=1S/C7H16N2S/c1-6(10-2)3-9-7-4-8-5-7/h6-9H,3-5H2,1-2H3. The van der Waals surface area contributed by atoms with E-state index >= 15 is 0 Å². The lowest BCUT2D eigenvalue weighted by Crippen LogP contribution is -2.56. The Bertz CT molecular complexity index is 88.9. The molecule has 0 aromatic heterocycles. The third-order valence-electron chi connectivity index (χ3n) is 1.88. The van der Waals surface area contributed by atoms with Gasteiger partial charge in [-0.15, -0.1) is 0 Å². The number of rotatable bonds is 4. The SMILES string of the molecule is CSC(C)CNC1CNC1. The van der Waals surface area contributed by atoms with Gasteiger partial charge in [-0.25, -0.2) is 0 Å². The van der Waals surface area contributed by atoms with Crippen LogP contribution in [0.4, 0.5) is 0 Å². The Kier molecular flexibility index (Phi) is 3.52. The van der Waals surface area contributed by atoms with Crippen molar-refractivity contribution < 1.29 is 0 Å². The first-order valence-electron chi connectivity index (χ1n) is 3.80. The molecule has 0 radical (unpaired) electrons. The number of hydrogen-bond acceptors (Lipinski definition) is 3. The summed E-state index contributed by atoms with van der Waals surface area (Å²) in [7, 11) is 0. The number of nitrogens with one attached hydrogen (secondary N) is 2. The highest BCUT2D eigenvalue weighted by atomic mass is 32.2. The van der Waals surface area contributed by atoms with E-state index in [9.17, 15) is 0 Å². The first-order chi connectivity index (χ1) is 4.83. The van der Waals surface area contributed by atoms with Gasteiger partial charge in [0, 0.05) is 30.9 Å². The van der Waals surface area contributed by atoms with Crippen LogP contribution in [0.2, 0.25) is 0 Å². The highest BCUT2D eigenvalue weighted by Crippen LogP contribution is 2.03. The van der Waals surface area contributed by atoms with Gasteiger partial charge >= 0.3 is 0 Å². The summed E-state index contributed by atoms with van der Waals surface area (Å²) in [6.45, 7) is 5.71. The second-order valence-corrected chi connectivity index (χ2v) is 4.09. The molecule has 1 atom stereocenters. The van der Waals surface area contributed by atoms with E-state index in [1.54, 1.807) is 0 Å². The van der Waals surface area contributed by atoms with E-state index in [1.807, 2.05) is 11.8 Å². The molecule has 2 nitrogen and oxygen atoms in total. The molecule has 1 rings (SSSR count). The van der Waals surface area contributed by atoms with Crippen molar-refractivity contribution in [3.8, 4) is 0 Å². The number of thioether (sulfide) groups is 1. The zero-order valence-electron chi connectivity index (χ0n) is 6.68. The Hall–Kier alpha value is 0.270. The van der Waals surface area contributed by atoms with Crippen molar-refractivity contribution in [2.75, 3.05) is 25.9 Å². The number of hydrogen-bond donors (Lipinski definition) is 2. The molecule has 2 N–H and O–H groups in total. The molecule has 1 saturated heterocycles. The van der Waals surface area contributed by atoms with Crippen molar-refractivity contribution in [3.05, 3.63) is 0 Å². The molecular weight excluding hydrogens is 144 g/mol. The van der Waals surface area contributed by atoms with Gasteiger partial charge in [-0.3, -0.25) is 0 Å². The summed E-state index contributed by atoms with van der Waals surface area (Å²) in [5.74, 6) is 0. The molecule has 1 heterocycles. The molecule has 0 aromatic rings. The normalized spacial score (nSPS) is 22.2. The first-order valence-corrected chi connectivity index (χ1v) is 5.08.